The number of aliphatic hydroxyl groups is 1. The first-order valence-corrected chi connectivity index (χ1v) is 11.2. The van der Waals surface area contributed by atoms with Crippen molar-refractivity contribution in [2.75, 3.05) is 6.54 Å². The lowest BCUT2D eigenvalue weighted by atomic mass is 9.86. The molecule has 0 saturated carbocycles. The van der Waals surface area contributed by atoms with E-state index in [1.807, 2.05) is 0 Å². The van der Waals surface area contributed by atoms with Crippen LogP contribution >= 0.6 is 0 Å². The van der Waals surface area contributed by atoms with Gasteiger partial charge in [-0.05, 0) is 66.5 Å². The summed E-state index contributed by atoms with van der Waals surface area (Å²) in [5, 5.41) is 17.1. The van der Waals surface area contributed by atoms with E-state index in [2.05, 4.69) is 35.8 Å². The minimum Gasteiger partial charge on any atom is -0.390 e. The van der Waals surface area contributed by atoms with E-state index in [9.17, 15) is 18.7 Å². The van der Waals surface area contributed by atoms with Crippen LogP contribution in [0.15, 0.2) is 36.4 Å². The summed E-state index contributed by atoms with van der Waals surface area (Å²) >= 11 is 0. The Kier molecular flexibility index (Phi) is 8.15. The normalized spacial score (nSPS) is 17.6. The number of benzene rings is 2. The molecule has 6 heteroatoms. The van der Waals surface area contributed by atoms with Crippen LogP contribution in [0.1, 0.15) is 61.4 Å². The Morgan fingerprint density at radius 3 is 2.55 bits per heavy atom. The molecular formula is C25H32F2N2O2. The zero-order chi connectivity index (χ0) is 22.4. The quantitative estimate of drug-likeness (QED) is 0.564. The summed E-state index contributed by atoms with van der Waals surface area (Å²) in [5.74, 6) is -1.56. The average molecular weight is 431 g/mol. The van der Waals surface area contributed by atoms with Gasteiger partial charge in [0, 0.05) is 25.1 Å². The number of hydrogen-bond donors (Lipinski definition) is 3. The van der Waals surface area contributed by atoms with Crippen molar-refractivity contribution in [2.24, 2.45) is 0 Å². The SMILES string of the molecule is CCC(=O)NC(Cc1cc(F)cc(F)c1)C(O)CN[C@H]1CCCc2ccc(CC)cc21. The molecule has 0 bridgehead atoms. The van der Waals surface area contributed by atoms with E-state index in [1.165, 1.54) is 28.8 Å². The van der Waals surface area contributed by atoms with Gasteiger partial charge in [0.05, 0.1) is 12.1 Å². The van der Waals surface area contributed by atoms with Crippen LogP contribution in [0.25, 0.3) is 0 Å². The number of aliphatic hydroxyl groups excluding tert-OH is 1. The second-order valence-electron chi connectivity index (χ2n) is 8.32. The Bertz CT molecular complexity index is 883. The van der Waals surface area contributed by atoms with Gasteiger partial charge in [0.15, 0.2) is 0 Å². The molecule has 31 heavy (non-hydrogen) atoms. The molecule has 0 saturated heterocycles. The summed E-state index contributed by atoms with van der Waals surface area (Å²) in [6.45, 7) is 4.13. The van der Waals surface area contributed by atoms with Crippen LogP contribution in [0.5, 0.6) is 0 Å². The third-order valence-electron chi connectivity index (χ3n) is 6.02. The van der Waals surface area contributed by atoms with E-state index >= 15 is 0 Å². The van der Waals surface area contributed by atoms with Gasteiger partial charge in [-0.15, -0.1) is 0 Å². The molecule has 168 valence electrons. The van der Waals surface area contributed by atoms with Crippen molar-refractivity contribution in [1.29, 1.82) is 0 Å². The fraction of sp³-hybridized carbons (Fsp3) is 0.480. The summed E-state index contributed by atoms with van der Waals surface area (Å²) in [5.41, 5.74) is 4.29. The first kappa shape index (κ1) is 23.4. The number of halogens is 2. The summed E-state index contributed by atoms with van der Waals surface area (Å²) in [7, 11) is 0. The lowest BCUT2D eigenvalue weighted by Gasteiger charge is -2.30. The Hall–Kier alpha value is -2.31. The van der Waals surface area contributed by atoms with Crippen molar-refractivity contribution < 1.29 is 18.7 Å². The van der Waals surface area contributed by atoms with Gasteiger partial charge in [-0.25, -0.2) is 8.78 Å². The van der Waals surface area contributed by atoms with Crippen molar-refractivity contribution in [2.45, 2.75) is 70.6 Å². The number of aryl methyl sites for hydroxylation is 2. The van der Waals surface area contributed by atoms with Crippen LogP contribution in [0.4, 0.5) is 8.78 Å². The summed E-state index contributed by atoms with van der Waals surface area (Å²) in [6.07, 6.45) is 3.59. The van der Waals surface area contributed by atoms with Gasteiger partial charge in [0.1, 0.15) is 11.6 Å². The Labute approximate surface area is 183 Å². The fourth-order valence-electron chi connectivity index (χ4n) is 4.26. The monoisotopic (exact) mass is 430 g/mol. The van der Waals surface area contributed by atoms with Crippen LogP contribution in [0.3, 0.4) is 0 Å². The molecule has 0 spiro atoms. The topological polar surface area (TPSA) is 61.4 Å². The van der Waals surface area contributed by atoms with Crippen molar-refractivity contribution >= 4 is 5.91 Å². The molecule has 2 aromatic carbocycles. The number of carbonyl (C=O) groups is 1. The lowest BCUT2D eigenvalue weighted by molar-refractivity contribution is -0.122. The third kappa shape index (κ3) is 6.34. The highest BCUT2D eigenvalue weighted by atomic mass is 19.1. The minimum absolute atomic E-state index is 0.138. The standard InChI is InChI=1S/C25H32F2N2O2/c1-3-16-8-9-18-6-5-7-22(21(18)12-16)28-15-24(30)23(29-25(31)4-2)13-17-10-19(26)14-20(27)11-17/h8-12,14,22-24,28,30H,3-7,13,15H2,1-2H3,(H,29,31)/t22-,23?,24?/m0/s1. The van der Waals surface area contributed by atoms with Gasteiger partial charge in [-0.2, -0.15) is 0 Å². The number of hydrogen-bond acceptors (Lipinski definition) is 3. The van der Waals surface area contributed by atoms with Gasteiger partial charge < -0.3 is 15.7 Å². The van der Waals surface area contributed by atoms with E-state index < -0.39 is 23.8 Å². The molecule has 3 N–H and O–H groups in total. The van der Waals surface area contributed by atoms with E-state index in [4.69, 9.17) is 0 Å². The van der Waals surface area contributed by atoms with Crippen LogP contribution in [-0.4, -0.2) is 29.7 Å². The lowest BCUT2D eigenvalue weighted by Crippen LogP contribution is -2.49. The first-order chi connectivity index (χ1) is 14.9. The Morgan fingerprint density at radius 2 is 1.87 bits per heavy atom. The minimum atomic E-state index is -0.901. The van der Waals surface area contributed by atoms with Gasteiger partial charge in [-0.3, -0.25) is 4.79 Å². The van der Waals surface area contributed by atoms with E-state index in [1.54, 1.807) is 6.92 Å². The van der Waals surface area contributed by atoms with Crippen LogP contribution < -0.4 is 10.6 Å². The van der Waals surface area contributed by atoms with Crippen molar-refractivity contribution in [3.05, 3.63) is 70.3 Å². The molecular weight excluding hydrogens is 398 g/mol. The van der Waals surface area contributed by atoms with Crippen molar-refractivity contribution in [1.82, 2.24) is 10.6 Å². The molecule has 1 aliphatic carbocycles. The fourth-order valence-corrected chi connectivity index (χ4v) is 4.26. The number of nitrogens with one attached hydrogen (secondary N) is 2. The zero-order valence-corrected chi connectivity index (χ0v) is 18.3. The number of carbonyl (C=O) groups excluding carboxylic acids is 1. The molecule has 3 rings (SSSR count). The molecule has 4 nitrogen and oxygen atoms in total. The van der Waals surface area contributed by atoms with E-state index in [0.29, 0.717) is 5.56 Å². The molecule has 0 heterocycles. The summed E-state index contributed by atoms with van der Waals surface area (Å²) < 4.78 is 27.2. The van der Waals surface area contributed by atoms with Gasteiger partial charge >= 0.3 is 0 Å². The molecule has 0 radical (unpaired) electrons. The molecule has 0 aromatic heterocycles. The number of amides is 1. The number of fused-ring (bicyclic) bond motifs is 1. The highest BCUT2D eigenvalue weighted by molar-refractivity contribution is 5.75. The molecule has 1 aliphatic rings. The first-order valence-electron chi connectivity index (χ1n) is 11.2. The molecule has 3 atom stereocenters. The van der Waals surface area contributed by atoms with Gasteiger partial charge in [0.2, 0.25) is 5.91 Å². The van der Waals surface area contributed by atoms with Crippen LogP contribution in [0, 0.1) is 11.6 Å². The second kappa shape index (κ2) is 10.8. The van der Waals surface area contributed by atoms with Crippen molar-refractivity contribution in [3.63, 3.8) is 0 Å². The summed E-state index contributed by atoms with van der Waals surface area (Å²) in [6, 6.07) is 9.38. The van der Waals surface area contributed by atoms with Crippen LogP contribution in [-0.2, 0) is 24.1 Å². The zero-order valence-electron chi connectivity index (χ0n) is 18.3. The predicted octanol–water partition coefficient (Wildman–Crippen LogP) is 3.99. The maximum atomic E-state index is 13.6. The highest BCUT2D eigenvalue weighted by Gasteiger charge is 2.25. The van der Waals surface area contributed by atoms with Crippen molar-refractivity contribution in [3.8, 4) is 0 Å². The predicted molar refractivity (Wildman–Crippen MR) is 118 cm³/mol. The van der Waals surface area contributed by atoms with Crippen LogP contribution in [0.2, 0.25) is 0 Å². The smallest absolute Gasteiger partial charge is 0.220 e. The Balaban J connectivity index is 1.70. The molecule has 2 aromatic rings. The third-order valence-corrected chi connectivity index (χ3v) is 6.02. The highest BCUT2D eigenvalue weighted by Crippen LogP contribution is 2.30. The maximum absolute atomic E-state index is 13.6. The van der Waals surface area contributed by atoms with E-state index in [-0.39, 0.29) is 31.3 Å². The van der Waals surface area contributed by atoms with Gasteiger partial charge in [-0.1, -0.05) is 32.0 Å². The molecule has 0 aliphatic heterocycles. The van der Waals surface area contributed by atoms with Gasteiger partial charge in [0.25, 0.3) is 0 Å². The summed E-state index contributed by atoms with van der Waals surface area (Å²) in [4.78, 5) is 12.0. The van der Waals surface area contributed by atoms with E-state index in [0.717, 1.165) is 31.7 Å². The molecule has 2 unspecified atom stereocenters. The maximum Gasteiger partial charge on any atom is 0.220 e. The second-order valence-corrected chi connectivity index (χ2v) is 8.32. The Morgan fingerprint density at radius 1 is 1.13 bits per heavy atom. The largest absolute Gasteiger partial charge is 0.390 e. The molecule has 1 amide bonds. The molecule has 0 fully saturated rings. The number of rotatable bonds is 9. The average Bonchev–Trinajstić information content (AvgIpc) is 2.75.